The second-order valence-electron chi connectivity index (χ2n) is 13.0. The molecule has 0 saturated carbocycles. The van der Waals surface area contributed by atoms with Crippen molar-refractivity contribution < 1.29 is 52.3 Å². The molecule has 1 fully saturated rings. The molecular weight excluding hydrogens is 642 g/mol. The quantitative estimate of drug-likeness (QED) is 0.220. The molecule has 1 aromatic heterocycles. The van der Waals surface area contributed by atoms with E-state index in [1.54, 1.807) is 90.1 Å². The molecule has 1 aliphatic rings. The molecule has 1 N–H and O–H groups in total. The second-order valence-corrected chi connectivity index (χ2v) is 13.0. The predicted octanol–water partition coefficient (Wildman–Crippen LogP) is 5.12. The predicted molar refractivity (Wildman–Crippen MR) is 171 cm³/mol. The first-order valence-corrected chi connectivity index (χ1v) is 15.3. The molecule has 2 unspecified atom stereocenters. The summed E-state index contributed by atoms with van der Waals surface area (Å²) in [5.74, 6) is -0.0444. The Hall–Kier alpha value is -5.28. The highest BCUT2D eigenvalue weighted by Gasteiger charge is 2.30. The molecule has 4 rings (SSSR count). The number of aromatic nitrogens is 2. The fourth-order valence-corrected chi connectivity index (χ4v) is 3.82. The Balaban J connectivity index is 1.16. The van der Waals surface area contributed by atoms with Gasteiger partial charge in [0.1, 0.15) is 37.1 Å². The van der Waals surface area contributed by atoms with Gasteiger partial charge < -0.3 is 33.2 Å². The summed E-state index contributed by atoms with van der Waals surface area (Å²) in [5, 5.41) is 2.39. The standard InChI is InChI=1S/C34H39N3O12/c1-33(2,3)28(38)47-23-11-7-21(8-12-23)17-44-31(41)36-25-15-16-37(30(40)35-25)26-19-43-27(49-26)20-46-32(42)45-18-22-9-13-24(14-10-22)48-29(39)34(4,5)6/h7-16,26-27H,17-20H2,1-6H3,(H,35,36,40,41). The number of benzene rings is 2. The maximum absolute atomic E-state index is 12.6. The van der Waals surface area contributed by atoms with Crippen LogP contribution >= 0.6 is 0 Å². The largest absolute Gasteiger partial charge is 0.508 e. The van der Waals surface area contributed by atoms with Gasteiger partial charge in [-0.25, -0.2) is 14.4 Å². The molecule has 0 aliphatic carbocycles. The Labute approximate surface area is 282 Å². The Morgan fingerprint density at radius 2 is 1.33 bits per heavy atom. The van der Waals surface area contributed by atoms with Crippen molar-refractivity contribution in [2.24, 2.45) is 10.8 Å². The summed E-state index contributed by atoms with van der Waals surface area (Å²) >= 11 is 0. The topological polar surface area (TPSA) is 180 Å². The van der Waals surface area contributed by atoms with E-state index in [1.807, 2.05) is 0 Å². The smallest absolute Gasteiger partial charge is 0.444 e. The molecule has 15 heteroatoms. The van der Waals surface area contributed by atoms with E-state index in [2.05, 4.69) is 10.3 Å². The molecule has 2 heterocycles. The third-order valence-electron chi connectivity index (χ3n) is 6.66. The van der Waals surface area contributed by atoms with E-state index < -0.39 is 41.3 Å². The lowest BCUT2D eigenvalue weighted by Crippen LogP contribution is -2.29. The number of amides is 1. The van der Waals surface area contributed by atoms with Gasteiger partial charge in [-0.3, -0.25) is 19.5 Å². The molecule has 2 atom stereocenters. The number of rotatable bonds is 10. The highest BCUT2D eigenvalue weighted by Crippen LogP contribution is 2.23. The summed E-state index contributed by atoms with van der Waals surface area (Å²) in [6.07, 6.45) is -2.26. The van der Waals surface area contributed by atoms with Crippen molar-refractivity contribution in [3.8, 4) is 11.5 Å². The lowest BCUT2D eigenvalue weighted by Gasteiger charge is -2.16. The fraction of sp³-hybridized carbons (Fsp3) is 0.412. The van der Waals surface area contributed by atoms with Gasteiger partial charge in [0.2, 0.25) is 0 Å². The first kappa shape index (κ1) is 36.6. The van der Waals surface area contributed by atoms with Gasteiger partial charge in [-0.05, 0) is 83.0 Å². The van der Waals surface area contributed by atoms with Crippen LogP contribution in [-0.2, 0) is 46.5 Å². The van der Waals surface area contributed by atoms with Gasteiger partial charge in [-0.2, -0.15) is 4.98 Å². The van der Waals surface area contributed by atoms with Gasteiger partial charge in [-0.15, -0.1) is 0 Å². The minimum atomic E-state index is -0.964. The van der Waals surface area contributed by atoms with Crippen molar-refractivity contribution in [1.82, 2.24) is 9.55 Å². The molecule has 1 aliphatic heterocycles. The summed E-state index contributed by atoms with van der Waals surface area (Å²) in [6.45, 7) is 10.0. The van der Waals surface area contributed by atoms with Crippen molar-refractivity contribution in [1.29, 1.82) is 0 Å². The normalized spacial score (nSPS) is 16.0. The Morgan fingerprint density at radius 3 is 1.84 bits per heavy atom. The molecule has 1 saturated heterocycles. The molecule has 262 valence electrons. The Kier molecular flexibility index (Phi) is 11.7. The van der Waals surface area contributed by atoms with Crippen molar-refractivity contribution in [2.75, 3.05) is 18.5 Å². The van der Waals surface area contributed by atoms with Crippen LogP contribution in [0.2, 0.25) is 0 Å². The molecule has 15 nitrogen and oxygen atoms in total. The van der Waals surface area contributed by atoms with Gasteiger partial charge in [0.15, 0.2) is 12.5 Å². The van der Waals surface area contributed by atoms with E-state index in [4.69, 9.17) is 33.2 Å². The van der Waals surface area contributed by atoms with Crippen LogP contribution in [0.3, 0.4) is 0 Å². The zero-order chi connectivity index (χ0) is 35.8. The van der Waals surface area contributed by atoms with Crippen LogP contribution in [0.1, 0.15) is 58.9 Å². The van der Waals surface area contributed by atoms with Gasteiger partial charge in [-0.1, -0.05) is 24.3 Å². The maximum Gasteiger partial charge on any atom is 0.508 e. The first-order valence-electron chi connectivity index (χ1n) is 15.3. The summed E-state index contributed by atoms with van der Waals surface area (Å²) in [4.78, 5) is 64.8. The van der Waals surface area contributed by atoms with Crippen LogP contribution in [0.25, 0.3) is 0 Å². The fourth-order valence-electron chi connectivity index (χ4n) is 3.82. The zero-order valence-corrected chi connectivity index (χ0v) is 28.1. The number of hydrogen-bond donors (Lipinski definition) is 1. The number of hydrogen-bond acceptors (Lipinski definition) is 13. The minimum absolute atomic E-state index is 0.0280. The number of carbonyl (C=O) groups excluding carboxylic acids is 4. The summed E-state index contributed by atoms with van der Waals surface area (Å²) in [7, 11) is 0. The second kappa shape index (κ2) is 15.7. The van der Waals surface area contributed by atoms with Crippen LogP contribution in [0.15, 0.2) is 65.6 Å². The van der Waals surface area contributed by atoms with Crippen molar-refractivity contribution in [2.45, 2.75) is 67.3 Å². The highest BCUT2D eigenvalue weighted by molar-refractivity contribution is 5.83. The van der Waals surface area contributed by atoms with Gasteiger partial charge in [0.05, 0.1) is 17.4 Å². The lowest BCUT2D eigenvalue weighted by atomic mass is 9.97. The Morgan fingerprint density at radius 1 is 0.796 bits per heavy atom. The average molecular weight is 682 g/mol. The van der Waals surface area contributed by atoms with Gasteiger partial charge >= 0.3 is 29.9 Å². The molecule has 0 bridgehead atoms. The van der Waals surface area contributed by atoms with E-state index in [0.29, 0.717) is 22.6 Å². The third kappa shape index (κ3) is 11.1. The zero-order valence-electron chi connectivity index (χ0n) is 28.1. The van der Waals surface area contributed by atoms with Gasteiger partial charge in [0.25, 0.3) is 0 Å². The van der Waals surface area contributed by atoms with Crippen molar-refractivity contribution >= 4 is 30.0 Å². The molecule has 0 spiro atoms. The monoisotopic (exact) mass is 681 g/mol. The van der Waals surface area contributed by atoms with Crippen molar-refractivity contribution in [3.63, 3.8) is 0 Å². The van der Waals surface area contributed by atoms with E-state index in [0.717, 1.165) is 4.57 Å². The summed E-state index contributed by atoms with van der Waals surface area (Å²) in [6, 6.07) is 14.4. The number of ether oxygens (including phenoxy) is 7. The van der Waals surface area contributed by atoms with Crippen LogP contribution in [0.4, 0.5) is 15.4 Å². The highest BCUT2D eigenvalue weighted by atomic mass is 16.8. The molecular formula is C34H39N3O12. The molecule has 1 amide bonds. The number of anilines is 1. The molecule has 2 aromatic carbocycles. The summed E-state index contributed by atoms with van der Waals surface area (Å²) < 4.78 is 38.3. The third-order valence-corrected chi connectivity index (χ3v) is 6.66. The maximum atomic E-state index is 12.6. The molecule has 0 radical (unpaired) electrons. The number of nitrogens with zero attached hydrogens (tertiary/aromatic N) is 2. The van der Waals surface area contributed by atoms with Crippen molar-refractivity contribution in [3.05, 3.63) is 82.4 Å². The van der Waals surface area contributed by atoms with Crippen LogP contribution in [0, 0.1) is 10.8 Å². The van der Waals surface area contributed by atoms with Crippen LogP contribution in [-0.4, -0.2) is 53.2 Å². The van der Waals surface area contributed by atoms with Crippen LogP contribution in [0.5, 0.6) is 11.5 Å². The van der Waals surface area contributed by atoms with E-state index in [-0.39, 0.29) is 44.2 Å². The van der Waals surface area contributed by atoms with Gasteiger partial charge in [0, 0.05) is 6.20 Å². The van der Waals surface area contributed by atoms with E-state index >= 15 is 0 Å². The Bertz CT molecular complexity index is 1690. The van der Waals surface area contributed by atoms with Crippen LogP contribution < -0.4 is 20.5 Å². The number of carbonyl (C=O) groups is 4. The van der Waals surface area contributed by atoms with E-state index in [1.165, 1.54) is 12.3 Å². The average Bonchev–Trinajstić information content (AvgIpc) is 3.51. The molecule has 49 heavy (non-hydrogen) atoms. The van der Waals surface area contributed by atoms with E-state index in [9.17, 15) is 24.0 Å². The number of esters is 2. The summed E-state index contributed by atoms with van der Waals surface area (Å²) in [5.41, 5.74) is -0.730. The minimum Gasteiger partial charge on any atom is -0.444 e. The lowest BCUT2D eigenvalue weighted by molar-refractivity contribution is -0.143. The number of nitrogens with one attached hydrogen (secondary N) is 1. The SMILES string of the molecule is CC(C)(C)C(=O)Oc1ccc(COC(=O)Nc2ccn(C3COC(COC(=O)OCc4ccc(OC(=O)C(C)(C)C)cc4)O3)c(=O)n2)cc1. The first-order chi connectivity index (χ1) is 23.1. The molecule has 3 aromatic rings.